The highest BCUT2D eigenvalue weighted by Crippen LogP contribution is 2.22. The van der Waals surface area contributed by atoms with E-state index in [0.717, 1.165) is 16.9 Å². The largest absolute Gasteiger partial charge is 0.397 e. The summed E-state index contributed by atoms with van der Waals surface area (Å²) in [6.07, 6.45) is 0.714. The fourth-order valence-electron chi connectivity index (χ4n) is 1.25. The van der Waals surface area contributed by atoms with E-state index in [1.165, 1.54) is 0 Å². The number of para-hydroxylation sites is 1. The van der Waals surface area contributed by atoms with Gasteiger partial charge in [0.25, 0.3) is 0 Å². The van der Waals surface area contributed by atoms with Crippen LogP contribution in [0, 0.1) is 6.92 Å². The number of aryl methyl sites for hydroxylation is 1. The third kappa shape index (κ3) is 3.13. The van der Waals surface area contributed by atoms with Crippen molar-refractivity contribution in [2.75, 3.05) is 17.6 Å². The summed E-state index contributed by atoms with van der Waals surface area (Å²) in [6.45, 7) is 6.25. The van der Waals surface area contributed by atoms with Crippen molar-refractivity contribution >= 4 is 11.4 Å². The molecule has 0 saturated carbocycles. The zero-order chi connectivity index (χ0) is 11.5. The minimum absolute atomic E-state index is 0.511. The molecular weight excluding hydrogens is 188 g/mol. The maximum absolute atomic E-state index is 9.84. The van der Waals surface area contributed by atoms with E-state index >= 15 is 0 Å². The van der Waals surface area contributed by atoms with E-state index < -0.39 is 5.60 Å². The molecule has 1 atom stereocenters. The molecule has 1 aromatic carbocycles. The van der Waals surface area contributed by atoms with E-state index in [2.05, 4.69) is 5.32 Å². The van der Waals surface area contributed by atoms with Gasteiger partial charge in [0.15, 0.2) is 0 Å². The van der Waals surface area contributed by atoms with Gasteiger partial charge < -0.3 is 16.2 Å². The molecule has 0 heterocycles. The Morgan fingerprint density at radius 2 is 2.13 bits per heavy atom. The molecule has 3 nitrogen and oxygen atoms in total. The Morgan fingerprint density at radius 1 is 1.47 bits per heavy atom. The van der Waals surface area contributed by atoms with Gasteiger partial charge in [-0.3, -0.25) is 0 Å². The van der Waals surface area contributed by atoms with Crippen LogP contribution in [0.25, 0.3) is 0 Å². The second-order valence-electron chi connectivity index (χ2n) is 4.24. The molecule has 84 valence electrons. The number of hydrogen-bond donors (Lipinski definition) is 3. The van der Waals surface area contributed by atoms with Crippen LogP contribution in [-0.4, -0.2) is 17.3 Å². The predicted molar refractivity (Wildman–Crippen MR) is 65.0 cm³/mol. The Hall–Kier alpha value is -1.22. The standard InChI is InChI=1S/C12H20N2O/c1-4-12(3,15)8-14-10-7-5-6-9(2)11(10)13/h5-7,14-15H,4,8,13H2,1-3H3. The average molecular weight is 208 g/mol. The van der Waals surface area contributed by atoms with Crippen LogP contribution in [0.1, 0.15) is 25.8 Å². The maximum Gasteiger partial charge on any atom is 0.0788 e. The highest BCUT2D eigenvalue weighted by Gasteiger charge is 2.17. The van der Waals surface area contributed by atoms with Crippen LogP contribution >= 0.6 is 0 Å². The molecule has 15 heavy (non-hydrogen) atoms. The number of rotatable bonds is 4. The first-order valence-corrected chi connectivity index (χ1v) is 5.27. The summed E-state index contributed by atoms with van der Waals surface area (Å²) in [4.78, 5) is 0. The number of benzene rings is 1. The Bertz CT molecular complexity index is 334. The van der Waals surface area contributed by atoms with Gasteiger partial charge in [-0.2, -0.15) is 0 Å². The van der Waals surface area contributed by atoms with Gasteiger partial charge in [0, 0.05) is 6.54 Å². The molecule has 0 bridgehead atoms. The minimum Gasteiger partial charge on any atom is -0.397 e. The smallest absolute Gasteiger partial charge is 0.0788 e. The van der Waals surface area contributed by atoms with Crippen molar-refractivity contribution < 1.29 is 5.11 Å². The Morgan fingerprint density at radius 3 is 2.73 bits per heavy atom. The first kappa shape index (κ1) is 11.9. The molecule has 0 aliphatic heterocycles. The lowest BCUT2D eigenvalue weighted by molar-refractivity contribution is 0.0697. The van der Waals surface area contributed by atoms with Crippen molar-refractivity contribution in [3.05, 3.63) is 23.8 Å². The van der Waals surface area contributed by atoms with E-state index in [9.17, 15) is 5.11 Å². The Balaban J connectivity index is 2.70. The normalized spacial score (nSPS) is 14.7. The Labute approximate surface area is 91.3 Å². The number of hydrogen-bond acceptors (Lipinski definition) is 3. The fourth-order valence-corrected chi connectivity index (χ4v) is 1.25. The third-order valence-electron chi connectivity index (χ3n) is 2.75. The van der Waals surface area contributed by atoms with E-state index in [1.807, 2.05) is 39.0 Å². The minimum atomic E-state index is -0.684. The molecule has 1 unspecified atom stereocenters. The van der Waals surface area contributed by atoms with Gasteiger partial charge in [0.1, 0.15) is 0 Å². The van der Waals surface area contributed by atoms with Crippen LogP contribution in [-0.2, 0) is 0 Å². The van der Waals surface area contributed by atoms with Gasteiger partial charge in [-0.15, -0.1) is 0 Å². The quantitative estimate of drug-likeness (QED) is 0.664. The van der Waals surface area contributed by atoms with Gasteiger partial charge in [-0.05, 0) is 31.9 Å². The van der Waals surface area contributed by atoms with Gasteiger partial charge >= 0.3 is 0 Å². The van der Waals surface area contributed by atoms with Crippen LogP contribution in [0.4, 0.5) is 11.4 Å². The van der Waals surface area contributed by atoms with Gasteiger partial charge in [0.2, 0.25) is 0 Å². The molecule has 0 spiro atoms. The van der Waals surface area contributed by atoms with Crippen LogP contribution < -0.4 is 11.1 Å². The van der Waals surface area contributed by atoms with Crippen LogP contribution in [0.3, 0.4) is 0 Å². The van der Waals surface area contributed by atoms with Crippen molar-refractivity contribution in [1.29, 1.82) is 0 Å². The average Bonchev–Trinajstić information content (AvgIpc) is 2.20. The van der Waals surface area contributed by atoms with Crippen molar-refractivity contribution in [3.8, 4) is 0 Å². The maximum atomic E-state index is 9.84. The van der Waals surface area contributed by atoms with Crippen LogP contribution in [0.5, 0.6) is 0 Å². The lowest BCUT2D eigenvalue weighted by Gasteiger charge is -2.23. The molecule has 0 saturated heterocycles. The van der Waals surface area contributed by atoms with E-state index in [4.69, 9.17) is 5.73 Å². The van der Waals surface area contributed by atoms with Crippen molar-refractivity contribution in [3.63, 3.8) is 0 Å². The van der Waals surface area contributed by atoms with Crippen molar-refractivity contribution in [2.45, 2.75) is 32.8 Å². The summed E-state index contributed by atoms with van der Waals surface area (Å²) in [5.74, 6) is 0. The summed E-state index contributed by atoms with van der Waals surface area (Å²) in [5.41, 5.74) is 7.92. The second kappa shape index (κ2) is 4.53. The first-order chi connectivity index (χ1) is 6.96. The topological polar surface area (TPSA) is 58.3 Å². The molecule has 0 amide bonds. The highest BCUT2D eigenvalue weighted by atomic mass is 16.3. The lowest BCUT2D eigenvalue weighted by Crippen LogP contribution is -2.32. The molecule has 3 heteroatoms. The SMILES string of the molecule is CCC(C)(O)CNc1cccc(C)c1N. The van der Waals surface area contributed by atoms with Gasteiger partial charge in [-0.1, -0.05) is 19.1 Å². The van der Waals surface area contributed by atoms with E-state index in [0.29, 0.717) is 13.0 Å². The fraction of sp³-hybridized carbons (Fsp3) is 0.500. The van der Waals surface area contributed by atoms with Crippen molar-refractivity contribution in [2.24, 2.45) is 0 Å². The third-order valence-corrected chi connectivity index (χ3v) is 2.75. The number of nitrogen functional groups attached to an aromatic ring is 1. The first-order valence-electron chi connectivity index (χ1n) is 5.27. The van der Waals surface area contributed by atoms with Crippen LogP contribution in [0.15, 0.2) is 18.2 Å². The predicted octanol–water partition coefficient (Wildman–Crippen LogP) is 2.15. The number of anilines is 2. The number of aliphatic hydroxyl groups is 1. The summed E-state index contributed by atoms with van der Waals surface area (Å²) < 4.78 is 0. The van der Waals surface area contributed by atoms with Gasteiger partial charge in [0.05, 0.1) is 17.0 Å². The number of nitrogens with one attached hydrogen (secondary N) is 1. The lowest BCUT2D eigenvalue weighted by atomic mass is 10.0. The monoisotopic (exact) mass is 208 g/mol. The van der Waals surface area contributed by atoms with Gasteiger partial charge in [-0.25, -0.2) is 0 Å². The molecule has 4 N–H and O–H groups in total. The summed E-state index contributed by atoms with van der Waals surface area (Å²) in [6, 6.07) is 5.85. The molecule has 0 fully saturated rings. The second-order valence-corrected chi connectivity index (χ2v) is 4.24. The molecule has 0 aromatic heterocycles. The number of nitrogens with two attached hydrogens (primary N) is 1. The molecule has 0 aliphatic carbocycles. The summed E-state index contributed by atoms with van der Waals surface area (Å²) >= 11 is 0. The van der Waals surface area contributed by atoms with Crippen LogP contribution in [0.2, 0.25) is 0 Å². The summed E-state index contributed by atoms with van der Waals surface area (Å²) in [7, 11) is 0. The molecule has 1 rings (SSSR count). The van der Waals surface area contributed by atoms with E-state index in [1.54, 1.807) is 0 Å². The molecule has 1 aromatic rings. The molecule has 0 radical (unpaired) electrons. The highest BCUT2D eigenvalue weighted by molar-refractivity contribution is 5.69. The van der Waals surface area contributed by atoms with E-state index in [-0.39, 0.29) is 0 Å². The Kier molecular flexibility index (Phi) is 3.58. The zero-order valence-electron chi connectivity index (χ0n) is 9.67. The molecular formula is C12H20N2O. The summed E-state index contributed by atoms with van der Waals surface area (Å²) in [5, 5.41) is 13.0. The zero-order valence-corrected chi connectivity index (χ0v) is 9.67. The van der Waals surface area contributed by atoms with Crippen molar-refractivity contribution in [1.82, 2.24) is 0 Å². The molecule has 0 aliphatic rings.